The average molecular weight is 435 g/mol. The molecule has 2 amide bonds. The number of aryl methyl sites for hydroxylation is 1. The summed E-state index contributed by atoms with van der Waals surface area (Å²) in [5.74, 6) is 0.566. The van der Waals surface area contributed by atoms with E-state index in [0.717, 1.165) is 61.2 Å². The fourth-order valence-corrected chi connectivity index (χ4v) is 4.45. The minimum absolute atomic E-state index is 0.0680. The topological polar surface area (TPSA) is 40.6 Å². The van der Waals surface area contributed by atoms with Gasteiger partial charge in [-0.3, -0.25) is 9.59 Å². The first-order chi connectivity index (χ1) is 15.5. The van der Waals surface area contributed by atoms with Gasteiger partial charge in [-0.2, -0.15) is 0 Å². The van der Waals surface area contributed by atoms with Gasteiger partial charge in [0.1, 0.15) is 0 Å². The minimum atomic E-state index is 0.0680. The monoisotopic (exact) mass is 434 g/mol. The number of amides is 2. The van der Waals surface area contributed by atoms with Crippen molar-refractivity contribution in [3.8, 4) is 0 Å². The molecule has 4 nitrogen and oxygen atoms in total. The molecule has 2 aromatic rings. The molecular formula is C28H38N2O2. The van der Waals surface area contributed by atoms with E-state index in [0.29, 0.717) is 18.9 Å². The van der Waals surface area contributed by atoms with Gasteiger partial charge in [0.2, 0.25) is 5.91 Å². The van der Waals surface area contributed by atoms with E-state index >= 15 is 0 Å². The van der Waals surface area contributed by atoms with Crippen LogP contribution in [0.25, 0.3) is 0 Å². The van der Waals surface area contributed by atoms with Crippen LogP contribution in [0.1, 0.15) is 80.3 Å². The maximum atomic E-state index is 13.5. The molecule has 0 fully saturated rings. The van der Waals surface area contributed by atoms with Crippen molar-refractivity contribution in [2.75, 3.05) is 18.0 Å². The average Bonchev–Trinajstić information content (AvgIpc) is 2.78. The van der Waals surface area contributed by atoms with E-state index in [4.69, 9.17) is 0 Å². The number of fused-ring (bicyclic) bond motifs is 1. The molecule has 1 aliphatic rings. The number of carbonyl (C=O) groups is 2. The molecule has 3 rings (SSSR count). The van der Waals surface area contributed by atoms with Crippen molar-refractivity contribution < 1.29 is 9.59 Å². The second-order valence-electron chi connectivity index (χ2n) is 9.49. The zero-order valence-electron chi connectivity index (χ0n) is 20.0. The number of para-hydroxylation sites is 1. The molecule has 0 saturated heterocycles. The largest absolute Gasteiger partial charge is 0.334 e. The summed E-state index contributed by atoms with van der Waals surface area (Å²) in [4.78, 5) is 30.6. The summed E-state index contributed by atoms with van der Waals surface area (Å²) in [5.41, 5.74) is 3.83. The summed E-state index contributed by atoms with van der Waals surface area (Å²) in [5, 5.41) is 0. The first-order valence-electron chi connectivity index (χ1n) is 12.2. The highest BCUT2D eigenvalue weighted by atomic mass is 16.2. The molecule has 0 N–H and O–H groups in total. The third-order valence-corrected chi connectivity index (χ3v) is 6.14. The van der Waals surface area contributed by atoms with Gasteiger partial charge in [0, 0.05) is 37.3 Å². The van der Waals surface area contributed by atoms with E-state index in [1.54, 1.807) is 0 Å². The Morgan fingerprint density at radius 1 is 0.875 bits per heavy atom. The quantitative estimate of drug-likeness (QED) is 0.563. The lowest BCUT2D eigenvalue weighted by Crippen LogP contribution is -2.35. The van der Waals surface area contributed by atoms with E-state index in [1.165, 1.54) is 12.8 Å². The number of nitrogens with zero attached hydrogens (tertiary/aromatic N) is 2. The highest BCUT2D eigenvalue weighted by molar-refractivity contribution is 5.95. The molecule has 0 spiro atoms. The van der Waals surface area contributed by atoms with Crippen LogP contribution in [-0.2, 0) is 11.3 Å². The highest BCUT2D eigenvalue weighted by Crippen LogP contribution is 2.26. The molecule has 1 aliphatic heterocycles. The normalized spacial score (nSPS) is 16.0. The summed E-state index contributed by atoms with van der Waals surface area (Å²) >= 11 is 0. The Bertz CT molecular complexity index is 906. The molecule has 2 aromatic carbocycles. The van der Waals surface area contributed by atoms with Gasteiger partial charge in [-0.15, -0.1) is 0 Å². The maximum Gasteiger partial charge on any atom is 0.254 e. The van der Waals surface area contributed by atoms with Crippen molar-refractivity contribution >= 4 is 17.5 Å². The van der Waals surface area contributed by atoms with Crippen LogP contribution in [0.3, 0.4) is 0 Å². The van der Waals surface area contributed by atoms with Crippen LogP contribution in [0.2, 0.25) is 0 Å². The van der Waals surface area contributed by atoms with Crippen molar-refractivity contribution in [2.45, 2.75) is 72.3 Å². The van der Waals surface area contributed by atoms with E-state index in [9.17, 15) is 9.59 Å². The number of benzene rings is 2. The van der Waals surface area contributed by atoms with Crippen LogP contribution in [0.5, 0.6) is 0 Å². The summed E-state index contributed by atoms with van der Waals surface area (Å²) in [6.07, 6.45) is 7.20. The molecule has 0 radical (unpaired) electrons. The SMILES string of the molecule is Cc1cccc(C(=O)N2CCCCCCCCN(C(=O)CC(C)C)c3ccccc3C2)c1. The van der Waals surface area contributed by atoms with Gasteiger partial charge >= 0.3 is 0 Å². The van der Waals surface area contributed by atoms with E-state index < -0.39 is 0 Å². The molecule has 0 bridgehead atoms. The van der Waals surface area contributed by atoms with E-state index in [2.05, 4.69) is 19.9 Å². The van der Waals surface area contributed by atoms with Crippen molar-refractivity contribution in [1.29, 1.82) is 0 Å². The van der Waals surface area contributed by atoms with E-state index in [1.807, 2.05) is 59.2 Å². The lowest BCUT2D eigenvalue weighted by atomic mass is 10.1. The van der Waals surface area contributed by atoms with Gasteiger partial charge in [0.05, 0.1) is 0 Å². The zero-order chi connectivity index (χ0) is 22.9. The van der Waals surface area contributed by atoms with Crippen LogP contribution in [0.4, 0.5) is 5.69 Å². The predicted molar refractivity (Wildman–Crippen MR) is 132 cm³/mol. The van der Waals surface area contributed by atoms with Gasteiger partial charge in [0.25, 0.3) is 5.91 Å². The molecule has 0 unspecified atom stereocenters. The van der Waals surface area contributed by atoms with Crippen LogP contribution < -0.4 is 4.90 Å². The third-order valence-electron chi connectivity index (χ3n) is 6.14. The number of anilines is 1. The molecule has 0 atom stereocenters. The Hall–Kier alpha value is -2.62. The van der Waals surface area contributed by atoms with Gasteiger partial charge < -0.3 is 9.80 Å². The minimum Gasteiger partial charge on any atom is -0.334 e. The first kappa shape index (κ1) is 24.0. The van der Waals surface area contributed by atoms with Crippen LogP contribution in [0.15, 0.2) is 48.5 Å². The smallest absolute Gasteiger partial charge is 0.254 e. The van der Waals surface area contributed by atoms with Crippen molar-refractivity contribution in [2.24, 2.45) is 5.92 Å². The zero-order valence-corrected chi connectivity index (χ0v) is 20.0. The molecule has 172 valence electrons. The Labute approximate surface area is 193 Å². The Morgan fingerprint density at radius 2 is 1.56 bits per heavy atom. The molecule has 32 heavy (non-hydrogen) atoms. The van der Waals surface area contributed by atoms with Crippen LogP contribution in [0, 0.1) is 12.8 Å². The number of hydrogen-bond acceptors (Lipinski definition) is 2. The number of rotatable bonds is 3. The standard InChI is InChI=1S/C28H38N2O2/c1-22(2)19-27(31)30-18-11-7-5-4-6-10-17-29(21-25-14-8-9-16-26(25)30)28(32)24-15-12-13-23(3)20-24/h8-9,12-16,20,22H,4-7,10-11,17-19,21H2,1-3H3. The summed E-state index contributed by atoms with van der Waals surface area (Å²) < 4.78 is 0. The molecule has 0 saturated carbocycles. The Morgan fingerprint density at radius 3 is 2.28 bits per heavy atom. The second-order valence-corrected chi connectivity index (χ2v) is 9.49. The second kappa shape index (κ2) is 11.8. The Balaban J connectivity index is 1.94. The number of hydrogen-bond donors (Lipinski definition) is 0. The first-order valence-corrected chi connectivity index (χ1v) is 12.2. The third kappa shape index (κ3) is 6.69. The predicted octanol–water partition coefficient (Wildman–Crippen LogP) is 6.37. The molecule has 4 heteroatoms. The van der Waals surface area contributed by atoms with Gasteiger partial charge in [-0.1, -0.05) is 75.4 Å². The van der Waals surface area contributed by atoms with E-state index in [-0.39, 0.29) is 11.8 Å². The number of carbonyl (C=O) groups excluding carboxylic acids is 2. The van der Waals surface area contributed by atoms with Gasteiger partial charge in [0.15, 0.2) is 0 Å². The summed E-state index contributed by atoms with van der Waals surface area (Å²) in [6.45, 7) is 8.20. The molecule has 0 aliphatic carbocycles. The maximum absolute atomic E-state index is 13.5. The highest BCUT2D eigenvalue weighted by Gasteiger charge is 2.23. The molecule has 1 heterocycles. The lowest BCUT2D eigenvalue weighted by Gasteiger charge is -2.29. The summed E-state index contributed by atoms with van der Waals surface area (Å²) in [7, 11) is 0. The van der Waals surface area contributed by atoms with Crippen LogP contribution >= 0.6 is 0 Å². The van der Waals surface area contributed by atoms with Gasteiger partial charge in [-0.25, -0.2) is 0 Å². The van der Waals surface area contributed by atoms with Crippen LogP contribution in [-0.4, -0.2) is 29.8 Å². The lowest BCUT2D eigenvalue weighted by molar-refractivity contribution is -0.119. The van der Waals surface area contributed by atoms with Crippen molar-refractivity contribution in [3.05, 3.63) is 65.2 Å². The fourth-order valence-electron chi connectivity index (χ4n) is 4.45. The summed E-state index contributed by atoms with van der Waals surface area (Å²) in [6, 6.07) is 16.0. The van der Waals surface area contributed by atoms with Gasteiger partial charge in [-0.05, 0) is 49.4 Å². The fraction of sp³-hybridized carbons (Fsp3) is 0.500. The van der Waals surface area contributed by atoms with Crippen molar-refractivity contribution in [3.63, 3.8) is 0 Å². The molecule has 0 aromatic heterocycles. The molecular weight excluding hydrogens is 396 g/mol. The van der Waals surface area contributed by atoms with Crippen molar-refractivity contribution in [1.82, 2.24) is 4.90 Å². The Kier molecular flexibility index (Phi) is 8.90.